The number of ether oxygens (including phenoxy) is 5. The van der Waals surface area contributed by atoms with Crippen LogP contribution in [0.15, 0.2) is 58.8 Å². The number of cyclic esters (lactones) is 1. The molecule has 13 atom stereocenters. The zero-order chi connectivity index (χ0) is 49.8. The fraction of sp³-hybridized carbons (Fsp3) is 0.688. The first-order chi connectivity index (χ1) is 31.3. The number of carbonyl (C=O) groups excluding carboxylic acids is 3. The lowest BCUT2D eigenvalue weighted by molar-refractivity contribution is -0.296. The number of Topliss-reactive ketones (excluding diaryl/α,β-unsaturated/α-hetero) is 1. The number of benzene rings is 1. The molecule has 1 amide bonds. The van der Waals surface area contributed by atoms with Gasteiger partial charge < -0.3 is 44.1 Å². The maximum atomic E-state index is 14.5. The third-order valence-electron chi connectivity index (χ3n) is 13.6. The predicted octanol–water partition coefficient (Wildman–Crippen LogP) is 4.25. The molecule has 1 aromatic carbocycles. The summed E-state index contributed by atoms with van der Waals surface area (Å²) in [6.45, 7) is 18.8. The fourth-order valence-electron chi connectivity index (χ4n) is 9.78. The van der Waals surface area contributed by atoms with Crippen molar-refractivity contribution in [2.45, 2.75) is 159 Å². The van der Waals surface area contributed by atoms with Crippen molar-refractivity contribution in [2.75, 3.05) is 39.7 Å². The summed E-state index contributed by atoms with van der Waals surface area (Å²) in [7, 11) is -1.52. The van der Waals surface area contributed by atoms with Crippen LogP contribution in [0.2, 0.25) is 0 Å². The van der Waals surface area contributed by atoms with Crippen LogP contribution in [0.4, 0.5) is 4.39 Å². The van der Waals surface area contributed by atoms with Gasteiger partial charge >= 0.3 is 5.97 Å². The Morgan fingerprint density at radius 1 is 1.13 bits per heavy atom. The Kier molecular flexibility index (Phi) is 17.9. The van der Waals surface area contributed by atoms with Gasteiger partial charge in [0.15, 0.2) is 21.9 Å². The van der Waals surface area contributed by atoms with Gasteiger partial charge in [0.1, 0.15) is 30.4 Å². The van der Waals surface area contributed by atoms with Gasteiger partial charge in [-0.15, -0.1) is 5.10 Å². The number of halogens is 1. The van der Waals surface area contributed by atoms with Crippen LogP contribution in [0.5, 0.6) is 0 Å². The Hall–Kier alpha value is -3.95. The average Bonchev–Trinajstić information content (AvgIpc) is 3.74. The molecule has 3 aliphatic rings. The largest absolute Gasteiger partial charge is 0.459 e. The molecule has 1 fully saturated rings. The third-order valence-corrected chi connectivity index (χ3v) is 14.8. The number of esters is 1. The van der Waals surface area contributed by atoms with Crippen molar-refractivity contribution in [3.8, 4) is 0 Å². The van der Waals surface area contributed by atoms with Crippen LogP contribution in [0.25, 0.3) is 0 Å². The van der Waals surface area contributed by atoms with E-state index in [2.05, 4.69) is 22.2 Å². The van der Waals surface area contributed by atoms with Crippen molar-refractivity contribution in [1.82, 2.24) is 25.2 Å². The molecule has 17 nitrogen and oxygen atoms in total. The zero-order valence-electron chi connectivity index (χ0n) is 40.9. The maximum Gasteiger partial charge on any atom is 0.316 e. The second kappa shape index (κ2) is 22.2. The third kappa shape index (κ3) is 12.8. The molecular formula is C48H72FN5O12S. The molecule has 67 heavy (non-hydrogen) atoms. The minimum Gasteiger partial charge on any atom is -0.459 e. The van der Waals surface area contributed by atoms with Crippen molar-refractivity contribution in [3.05, 3.63) is 65.1 Å². The van der Waals surface area contributed by atoms with E-state index in [9.17, 15) is 37.4 Å². The van der Waals surface area contributed by atoms with E-state index in [1.165, 1.54) is 37.6 Å². The van der Waals surface area contributed by atoms with Gasteiger partial charge in [-0.3, -0.25) is 14.4 Å². The molecule has 2 aromatic rings. The summed E-state index contributed by atoms with van der Waals surface area (Å²) in [6, 6.07) is 5.15. The number of sulfone groups is 1. The van der Waals surface area contributed by atoms with Crippen molar-refractivity contribution in [2.24, 2.45) is 17.8 Å². The summed E-state index contributed by atoms with van der Waals surface area (Å²) < 4.78 is 71.9. The van der Waals surface area contributed by atoms with E-state index in [4.69, 9.17) is 23.7 Å². The van der Waals surface area contributed by atoms with E-state index in [-0.39, 0.29) is 43.3 Å². The lowest BCUT2D eigenvalue weighted by atomic mass is 9.77. The molecule has 0 saturated carbocycles. The summed E-state index contributed by atoms with van der Waals surface area (Å²) in [5.41, 5.74) is -0.217. The molecule has 0 radical (unpaired) electrons. The molecule has 3 aliphatic heterocycles. The number of aliphatic hydroxyl groups is 2. The first kappa shape index (κ1) is 54.0. The molecule has 0 unspecified atom stereocenters. The second-order valence-corrected chi connectivity index (χ2v) is 21.4. The molecule has 374 valence electrons. The predicted molar refractivity (Wildman–Crippen MR) is 246 cm³/mol. The van der Waals surface area contributed by atoms with Crippen LogP contribution in [0.3, 0.4) is 0 Å². The highest BCUT2D eigenvalue weighted by atomic mass is 32.2. The lowest BCUT2D eigenvalue weighted by Gasteiger charge is -2.47. The monoisotopic (exact) mass is 961 g/mol. The van der Waals surface area contributed by atoms with Gasteiger partial charge in [-0.1, -0.05) is 50.3 Å². The number of alkyl halides is 1. The Balaban J connectivity index is 1.44. The Morgan fingerprint density at radius 2 is 1.81 bits per heavy atom. The number of nitrogens with one attached hydrogen (secondary N) is 1. The molecule has 3 N–H and O–H groups in total. The molecule has 1 saturated heterocycles. The Bertz CT molecular complexity index is 2220. The normalized spacial score (nSPS) is 33.4. The summed E-state index contributed by atoms with van der Waals surface area (Å²) >= 11 is 0. The highest BCUT2D eigenvalue weighted by molar-refractivity contribution is 7.90. The SMILES string of the molecule is C=C1CO[C@@H]2[C@@H](C)C(NC(C)=O)=C(C)C[C@@](C)(OC1)[C@H](O[C@@H]1O[C@H](C)C[C@H](N(C)CCc3cn([C@H](CF)Cc4ccc(S(C)(=O)=O)cc4)nn3)[C@H]1O)[C@@H](C)C(=O)[C@@H](C)C(=O)O[C@H](CC)[C@@]2(C)O. The van der Waals surface area contributed by atoms with Crippen LogP contribution >= 0.6 is 0 Å². The molecule has 5 rings (SSSR count). The summed E-state index contributed by atoms with van der Waals surface area (Å²) in [5, 5.41) is 35.8. The van der Waals surface area contributed by atoms with Crippen molar-refractivity contribution < 1.29 is 61.1 Å². The number of hydrogen-bond donors (Lipinski definition) is 3. The van der Waals surface area contributed by atoms with Crippen LogP contribution in [-0.2, 0) is 60.7 Å². The van der Waals surface area contributed by atoms with Crippen molar-refractivity contribution in [1.29, 1.82) is 0 Å². The molecule has 0 aliphatic carbocycles. The second-order valence-electron chi connectivity index (χ2n) is 19.4. The number of ketones is 1. The minimum absolute atomic E-state index is 0.0452. The molecule has 19 heteroatoms. The molecular weight excluding hydrogens is 890 g/mol. The van der Waals surface area contributed by atoms with E-state index in [1.54, 1.807) is 39.1 Å². The quantitative estimate of drug-likeness (QED) is 0.145. The van der Waals surface area contributed by atoms with Crippen LogP contribution in [0.1, 0.15) is 98.9 Å². The fourth-order valence-corrected chi connectivity index (χ4v) is 10.4. The number of likely N-dealkylation sites (N-methyl/N-ethyl adjacent to an activating group) is 1. The number of rotatable bonds is 13. The topological polar surface area (TPSA) is 218 Å². The van der Waals surface area contributed by atoms with Gasteiger partial charge in [0.25, 0.3) is 0 Å². The van der Waals surface area contributed by atoms with E-state index in [0.29, 0.717) is 41.9 Å². The lowest BCUT2D eigenvalue weighted by Crippen LogP contribution is -2.60. The molecule has 1 aromatic heterocycles. The number of amides is 1. The highest BCUT2D eigenvalue weighted by Crippen LogP contribution is 2.41. The Labute approximate surface area is 394 Å². The maximum absolute atomic E-state index is 14.5. The first-order valence-electron chi connectivity index (χ1n) is 23.1. The standard InChI is InChI=1S/C48H72FN5O12S/c1-13-39-48(10,59)44-30(5)40(50-33(8)55)28(3)22-47(9,63-26-27(2)25-62-44)43(31(6)41(56)32(7)45(58)65-39)66-46-42(57)38(20-29(4)64-46)53(11)19-18-35-24-54(52-51-35)36(23-49)21-34-14-16-37(17-15-34)67(12,60)61/h14-17,24,29-32,36,38-39,42-44,46,57,59H,2,13,18-23,25-26H2,1,3-12H3,(H,50,55)/t29-,30+,31+,32-,36+,38+,39-,42-,43-,44-,46+,47-,48-/m1/s1. The summed E-state index contributed by atoms with van der Waals surface area (Å²) in [6.07, 6.45) is -2.04. The van der Waals surface area contributed by atoms with E-state index >= 15 is 0 Å². The average molecular weight is 962 g/mol. The van der Waals surface area contributed by atoms with Gasteiger partial charge in [0, 0.05) is 62.3 Å². The molecule has 2 bridgehead atoms. The van der Waals surface area contributed by atoms with Crippen LogP contribution in [0, 0.1) is 17.8 Å². The highest BCUT2D eigenvalue weighted by Gasteiger charge is 2.52. The smallest absolute Gasteiger partial charge is 0.316 e. The van der Waals surface area contributed by atoms with Crippen molar-refractivity contribution in [3.63, 3.8) is 0 Å². The van der Waals surface area contributed by atoms with Crippen LogP contribution < -0.4 is 5.32 Å². The number of carbonyl (C=O) groups is 3. The number of aliphatic hydroxyl groups excluding tert-OH is 1. The van der Waals surface area contributed by atoms with Gasteiger partial charge in [-0.05, 0) is 84.2 Å². The van der Waals surface area contributed by atoms with Gasteiger partial charge in [0.05, 0.1) is 53.8 Å². The Morgan fingerprint density at radius 3 is 2.42 bits per heavy atom. The summed E-state index contributed by atoms with van der Waals surface area (Å²) in [4.78, 5) is 43.4. The van der Waals surface area contributed by atoms with Gasteiger partial charge in [-0.25, -0.2) is 17.5 Å². The number of fused-ring (bicyclic) bond motifs is 4. The molecule has 4 heterocycles. The number of hydrogen-bond acceptors (Lipinski definition) is 15. The van der Waals surface area contributed by atoms with E-state index in [1.807, 2.05) is 32.7 Å². The molecule has 0 spiro atoms. The van der Waals surface area contributed by atoms with Gasteiger partial charge in [-0.2, -0.15) is 0 Å². The number of nitrogens with zero attached hydrogens (tertiary/aromatic N) is 4. The summed E-state index contributed by atoms with van der Waals surface area (Å²) in [5.74, 6) is -4.73. The van der Waals surface area contributed by atoms with E-state index in [0.717, 1.165) is 11.8 Å². The van der Waals surface area contributed by atoms with Crippen molar-refractivity contribution >= 4 is 27.5 Å². The first-order valence-corrected chi connectivity index (χ1v) is 25.0. The minimum atomic E-state index is -3.37. The van der Waals surface area contributed by atoms with Crippen LogP contribution in [-0.4, -0.2) is 150 Å². The zero-order valence-corrected chi connectivity index (χ0v) is 41.7. The van der Waals surface area contributed by atoms with Gasteiger partial charge in [0.2, 0.25) is 5.91 Å². The van der Waals surface area contributed by atoms with E-state index < -0.39 is 106 Å². The number of aromatic nitrogens is 3.